The number of anilines is 1. The van der Waals surface area contributed by atoms with E-state index in [0.717, 1.165) is 0 Å². The largest absolute Gasteiger partial charge is 0.416 e. The van der Waals surface area contributed by atoms with Crippen LogP contribution in [-0.2, 0) is 17.4 Å². The molecule has 0 aliphatic heterocycles. The second kappa shape index (κ2) is 4.15. The summed E-state index contributed by atoms with van der Waals surface area (Å²) >= 11 is -2.62. The van der Waals surface area contributed by atoms with E-state index in [1.54, 1.807) is 4.72 Å². The van der Waals surface area contributed by atoms with E-state index in [1.807, 2.05) is 0 Å². The lowest BCUT2D eigenvalue weighted by Crippen LogP contribution is -2.09. The predicted molar refractivity (Wildman–Crippen MR) is 45.8 cm³/mol. The van der Waals surface area contributed by atoms with Gasteiger partial charge in [0.15, 0.2) is 0 Å². The first-order valence-corrected chi connectivity index (χ1v) is 4.65. The minimum atomic E-state index is -4.62. The lowest BCUT2D eigenvalue weighted by molar-refractivity contribution is -0.137. The molecule has 0 bridgehead atoms. The summed E-state index contributed by atoms with van der Waals surface area (Å²) in [4.78, 5) is 0. The maximum Gasteiger partial charge on any atom is 0.416 e. The van der Waals surface area contributed by atoms with Gasteiger partial charge in [-0.05, 0) is 18.2 Å². The second-order valence-electron chi connectivity index (χ2n) is 2.54. The third-order valence-corrected chi connectivity index (χ3v) is 1.89. The Kier molecular flexibility index (Phi) is 3.30. The Morgan fingerprint density at radius 2 is 1.93 bits per heavy atom. The van der Waals surface area contributed by atoms with Gasteiger partial charge in [-0.3, -0.25) is 9.27 Å². The maximum atomic E-state index is 12.8. The van der Waals surface area contributed by atoms with Gasteiger partial charge in [-0.25, -0.2) is 8.60 Å². The van der Waals surface area contributed by atoms with Crippen molar-refractivity contribution in [2.75, 3.05) is 4.72 Å². The van der Waals surface area contributed by atoms with Gasteiger partial charge in [-0.2, -0.15) is 13.2 Å². The van der Waals surface area contributed by atoms with Crippen LogP contribution in [0.1, 0.15) is 5.56 Å². The van der Waals surface area contributed by atoms with Gasteiger partial charge in [-0.15, -0.1) is 0 Å². The van der Waals surface area contributed by atoms with Crippen molar-refractivity contribution in [3.8, 4) is 0 Å². The highest BCUT2D eigenvalue weighted by Crippen LogP contribution is 2.31. The molecule has 1 atom stereocenters. The number of hydrogen-bond acceptors (Lipinski definition) is 1. The highest BCUT2D eigenvalue weighted by Gasteiger charge is 2.31. The molecule has 0 aromatic heterocycles. The highest BCUT2D eigenvalue weighted by molar-refractivity contribution is 7.80. The Hall–Kier alpha value is -1.15. The molecule has 1 aromatic carbocycles. The molecule has 0 amide bonds. The van der Waals surface area contributed by atoms with Crippen molar-refractivity contribution >= 4 is 17.0 Å². The van der Waals surface area contributed by atoms with Gasteiger partial charge < -0.3 is 0 Å². The molecule has 0 heterocycles. The van der Waals surface area contributed by atoms with Crippen LogP contribution in [0.5, 0.6) is 0 Å². The Balaban J connectivity index is 3.11. The molecule has 0 radical (unpaired) electrons. The quantitative estimate of drug-likeness (QED) is 0.619. The molecule has 2 N–H and O–H groups in total. The third-order valence-electron chi connectivity index (χ3n) is 1.49. The highest BCUT2D eigenvalue weighted by atomic mass is 32.2. The minimum absolute atomic E-state index is 0.420. The molecule has 1 rings (SSSR count). The summed E-state index contributed by atoms with van der Waals surface area (Å²) < 4.78 is 69.5. The van der Waals surface area contributed by atoms with Crippen molar-refractivity contribution in [3.63, 3.8) is 0 Å². The summed E-state index contributed by atoms with van der Waals surface area (Å²) in [5.41, 5.74) is -1.78. The van der Waals surface area contributed by atoms with Crippen molar-refractivity contribution in [2.45, 2.75) is 6.18 Å². The molecule has 1 unspecified atom stereocenters. The second-order valence-corrected chi connectivity index (χ2v) is 3.25. The van der Waals surface area contributed by atoms with Crippen LogP contribution in [0.2, 0.25) is 0 Å². The van der Waals surface area contributed by atoms with Crippen LogP contribution in [0, 0.1) is 5.82 Å². The molecule has 8 heteroatoms. The van der Waals surface area contributed by atoms with Crippen LogP contribution in [0.4, 0.5) is 23.2 Å². The average Bonchev–Trinajstić information content (AvgIpc) is 2.06. The molecule has 0 spiro atoms. The molecule has 0 saturated heterocycles. The van der Waals surface area contributed by atoms with Crippen LogP contribution in [0.3, 0.4) is 0 Å². The van der Waals surface area contributed by atoms with Crippen molar-refractivity contribution < 1.29 is 26.3 Å². The molecule has 15 heavy (non-hydrogen) atoms. The van der Waals surface area contributed by atoms with Crippen LogP contribution < -0.4 is 4.72 Å². The predicted octanol–water partition coefficient (Wildman–Crippen LogP) is 2.39. The number of halogens is 4. The zero-order valence-electron chi connectivity index (χ0n) is 7.01. The van der Waals surface area contributed by atoms with E-state index in [0.29, 0.717) is 18.2 Å². The Labute approximate surface area is 84.5 Å². The smallest absolute Gasteiger partial charge is 0.289 e. The zero-order valence-corrected chi connectivity index (χ0v) is 7.82. The first-order chi connectivity index (χ1) is 6.80. The van der Waals surface area contributed by atoms with Crippen molar-refractivity contribution in [1.82, 2.24) is 0 Å². The number of nitrogens with one attached hydrogen (secondary N) is 1. The molecular formula is C7H5F4NO2S. The number of rotatable bonds is 2. The molecule has 0 saturated carbocycles. The number of benzene rings is 1. The van der Waals surface area contributed by atoms with Gasteiger partial charge in [0.2, 0.25) is 0 Å². The monoisotopic (exact) mass is 243 g/mol. The Morgan fingerprint density at radius 1 is 1.33 bits per heavy atom. The Morgan fingerprint density at radius 3 is 2.40 bits per heavy atom. The molecule has 1 aromatic rings. The summed E-state index contributed by atoms with van der Waals surface area (Å²) in [6.45, 7) is 0. The summed E-state index contributed by atoms with van der Waals surface area (Å²) in [7, 11) is 0. The lowest BCUT2D eigenvalue weighted by Gasteiger charge is -2.09. The van der Waals surface area contributed by atoms with Crippen LogP contribution in [0.25, 0.3) is 0 Å². The van der Waals surface area contributed by atoms with E-state index < -0.39 is 34.5 Å². The standard InChI is InChI=1S/C7H5F4NO2S/c8-5-2-1-4(7(9,10)11)3-6(5)12-15(13)14/h1-3,12H,(H,13,14). The van der Waals surface area contributed by atoms with E-state index in [2.05, 4.69) is 0 Å². The van der Waals surface area contributed by atoms with Crippen molar-refractivity contribution in [1.29, 1.82) is 0 Å². The lowest BCUT2D eigenvalue weighted by atomic mass is 10.2. The van der Waals surface area contributed by atoms with E-state index in [4.69, 9.17) is 4.55 Å². The van der Waals surface area contributed by atoms with Gasteiger partial charge in [0, 0.05) is 0 Å². The summed E-state index contributed by atoms with van der Waals surface area (Å²) in [6.07, 6.45) is -4.62. The fraction of sp³-hybridized carbons (Fsp3) is 0.143. The molecule has 0 fully saturated rings. The van der Waals surface area contributed by atoms with Gasteiger partial charge in [-0.1, -0.05) is 0 Å². The van der Waals surface area contributed by atoms with Crippen LogP contribution >= 0.6 is 0 Å². The van der Waals surface area contributed by atoms with Gasteiger partial charge in [0.25, 0.3) is 11.3 Å². The molecule has 84 valence electrons. The SMILES string of the molecule is O=S(O)Nc1cc(C(F)(F)F)ccc1F. The number of alkyl halides is 3. The Bertz CT molecular complexity index is 393. The summed E-state index contributed by atoms with van der Waals surface area (Å²) in [5.74, 6) is -1.04. The molecule has 0 aliphatic rings. The van der Waals surface area contributed by atoms with E-state index in [9.17, 15) is 21.8 Å². The fourth-order valence-electron chi connectivity index (χ4n) is 0.874. The average molecular weight is 243 g/mol. The normalized spacial score (nSPS) is 13.7. The van der Waals surface area contributed by atoms with E-state index in [-0.39, 0.29) is 0 Å². The van der Waals surface area contributed by atoms with Gasteiger partial charge in [0.05, 0.1) is 11.3 Å². The maximum absolute atomic E-state index is 12.8. The third kappa shape index (κ3) is 3.17. The molecule has 3 nitrogen and oxygen atoms in total. The van der Waals surface area contributed by atoms with Gasteiger partial charge >= 0.3 is 6.18 Å². The fourth-order valence-corrected chi connectivity index (χ4v) is 1.22. The van der Waals surface area contributed by atoms with E-state index in [1.165, 1.54) is 0 Å². The van der Waals surface area contributed by atoms with Crippen LogP contribution in [0.15, 0.2) is 18.2 Å². The van der Waals surface area contributed by atoms with Crippen molar-refractivity contribution in [3.05, 3.63) is 29.6 Å². The molecule has 0 aliphatic carbocycles. The van der Waals surface area contributed by atoms with E-state index >= 15 is 0 Å². The summed E-state index contributed by atoms with van der Waals surface area (Å²) in [6, 6.07) is 1.53. The number of hydrogen-bond donors (Lipinski definition) is 2. The van der Waals surface area contributed by atoms with Crippen molar-refractivity contribution in [2.24, 2.45) is 0 Å². The summed E-state index contributed by atoms with van der Waals surface area (Å²) in [5, 5.41) is 0. The zero-order chi connectivity index (χ0) is 11.6. The minimum Gasteiger partial charge on any atom is -0.289 e. The first kappa shape index (κ1) is 11.9. The topological polar surface area (TPSA) is 49.3 Å². The first-order valence-electron chi connectivity index (χ1n) is 3.55. The van der Waals surface area contributed by atoms with Crippen LogP contribution in [-0.4, -0.2) is 8.76 Å². The molecular weight excluding hydrogens is 238 g/mol. The van der Waals surface area contributed by atoms with Gasteiger partial charge in [0.1, 0.15) is 5.82 Å².